The Morgan fingerprint density at radius 2 is 1.75 bits per heavy atom. The van der Waals surface area contributed by atoms with Crippen LogP contribution in [0.15, 0.2) is 53.0 Å². The fraction of sp³-hybridized carbons (Fsp3) is 0.462. The number of nitrogens with zero attached hydrogens (tertiary/aromatic N) is 2. The van der Waals surface area contributed by atoms with Gasteiger partial charge in [0.15, 0.2) is 0 Å². The van der Waals surface area contributed by atoms with E-state index < -0.39 is 21.9 Å². The predicted octanol–water partition coefficient (Wildman–Crippen LogP) is 4.61. The molecule has 0 unspecified atom stereocenters. The van der Waals surface area contributed by atoms with Crippen LogP contribution in [0.4, 0.5) is 10.1 Å². The summed E-state index contributed by atoms with van der Waals surface area (Å²) in [6.07, 6.45) is 5.25. The Labute approximate surface area is 221 Å². The van der Waals surface area contributed by atoms with Gasteiger partial charge in [0.1, 0.15) is 11.9 Å². The van der Waals surface area contributed by atoms with Crippen LogP contribution < -0.4 is 9.62 Å². The predicted molar refractivity (Wildman–Crippen MR) is 142 cm³/mol. The molecule has 2 amide bonds. The summed E-state index contributed by atoms with van der Waals surface area (Å²) >= 11 is 3.40. The van der Waals surface area contributed by atoms with Gasteiger partial charge in [0.05, 0.1) is 11.9 Å². The quantitative estimate of drug-likeness (QED) is 0.420. The maximum Gasteiger partial charge on any atom is 0.242 e. The van der Waals surface area contributed by atoms with E-state index in [0.29, 0.717) is 0 Å². The minimum atomic E-state index is -3.75. The number of sulfonamides is 1. The second-order valence-electron chi connectivity index (χ2n) is 9.20. The van der Waals surface area contributed by atoms with Gasteiger partial charge < -0.3 is 10.2 Å². The molecule has 36 heavy (non-hydrogen) atoms. The molecule has 0 bridgehead atoms. The van der Waals surface area contributed by atoms with Crippen LogP contribution in [-0.2, 0) is 26.2 Å². The van der Waals surface area contributed by atoms with Crippen LogP contribution in [-0.4, -0.2) is 50.0 Å². The number of amides is 2. The average molecular weight is 583 g/mol. The molecule has 0 spiro atoms. The second-order valence-corrected chi connectivity index (χ2v) is 12.0. The topological polar surface area (TPSA) is 86.8 Å². The summed E-state index contributed by atoms with van der Waals surface area (Å²) in [4.78, 5) is 27.8. The normalized spacial score (nSPS) is 14.9. The number of carbonyl (C=O) groups excluding carboxylic acids is 2. The Bertz CT molecular complexity index is 1150. The lowest BCUT2D eigenvalue weighted by molar-refractivity contribution is -0.141. The lowest BCUT2D eigenvalue weighted by atomic mass is 10.1. The Kier molecular flexibility index (Phi) is 9.90. The van der Waals surface area contributed by atoms with Crippen molar-refractivity contribution in [2.45, 2.75) is 64.1 Å². The number of halogens is 2. The molecule has 3 rings (SSSR count). The van der Waals surface area contributed by atoms with Gasteiger partial charge in [0.25, 0.3) is 0 Å². The third kappa shape index (κ3) is 7.77. The SMILES string of the molecule is C[C@@H](C(=O)NC1CCCC1)N(Cc1ccc(Br)cc1)C(=O)CCCN(c1ccccc1F)S(C)(=O)=O. The second kappa shape index (κ2) is 12.7. The van der Waals surface area contributed by atoms with Crippen LogP contribution >= 0.6 is 15.9 Å². The Hall–Kier alpha value is -2.46. The smallest absolute Gasteiger partial charge is 0.242 e. The van der Waals surface area contributed by atoms with Crippen molar-refractivity contribution in [1.82, 2.24) is 10.2 Å². The van der Waals surface area contributed by atoms with Gasteiger partial charge in [0.2, 0.25) is 21.8 Å². The van der Waals surface area contributed by atoms with Crippen molar-refractivity contribution in [2.24, 2.45) is 0 Å². The van der Waals surface area contributed by atoms with E-state index in [9.17, 15) is 22.4 Å². The maximum absolute atomic E-state index is 14.3. The van der Waals surface area contributed by atoms with Crippen molar-refractivity contribution in [3.8, 4) is 0 Å². The highest BCUT2D eigenvalue weighted by Crippen LogP contribution is 2.23. The highest BCUT2D eigenvalue weighted by atomic mass is 79.9. The number of nitrogens with one attached hydrogen (secondary N) is 1. The van der Waals surface area contributed by atoms with E-state index in [1.54, 1.807) is 13.0 Å². The minimum absolute atomic E-state index is 0.0120. The molecule has 0 radical (unpaired) electrons. The van der Waals surface area contributed by atoms with E-state index in [4.69, 9.17) is 0 Å². The molecule has 1 aliphatic rings. The monoisotopic (exact) mass is 581 g/mol. The van der Waals surface area contributed by atoms with Crippen molar-refractivity contribution in [3.05, 3.63) is 64.4 Å². The van der Waals surface area contributed by atoms with Gasteiger partial charge in [0, 0.05) is 30.0 Å². The van der Waals surface area contributed by atoms with Gasteiger partial charge in [-0.15, -0.1) is 0 Å². The van der Waals surface area contributed by atoms with Crippen LogP contribution in [0.25, 0.3) is 0 Å². The molecule has 1 aliphatic carbocycles. The molecule has 0 aromatic heterocycles. The number of rotatable bonds is 11. The van der Waals surface area contributed by atoms with E-state index in [0.717, 1.165) is 46.3 Å². The molecule has 2 aromatic carbocycles. The average Bonchev–Trinajstić information content (AvgIpc) is 3.34. The lowest BCUT2D eigenvalue weighted by Crippen LogP contribution is -2.49. The first-order valence-electron chi connectivity index (χ1n) is 12.1. The van der Waals surface area contributed by atoms with E-state index in [1.807, 2.05) is 24.3 Å². The summed E-state index contributed by atoms with van der Waals surface area (Å²) in [5, 5.41) is 3.06. The summed E-state index contributed by atoms with van der Waals surface area (Å²) < 4.78 is 40.8. The summed E-state index contributed by atoms with van der Waals surface area (Å²) in [6, 6.07) is 12.6. The van der Waals surface area contributed by atoms with E-state index in [-0.39, 0.29) is 49.5 Å². The molecule has 0 aliphatic heterocycles. The van der Waals surface area contributed by atoms with E-state index in [1.165, 1.54) is 23.1 Å². The molecule has 1 fully saturated rings. The molecule has 196 valence electrons. The van der Waals surface area contributed by atoms with Crippen molar-refractivity contribution in [1.29, 1.82) is 0 Å². The summed E-state index contributed by atoms with van der Waals surface area (Å²) in [6.45, 7) is 1.90. The van der Waals surface area contributed by atoms with Crippen molar-refractivity contribution in [2.75, 3.05) is 17.1 Å². The van der Waals surface area contributed by atoms with Crippen LogP contribution in [0.3, 0.4) is 0 Å². The number of anilines is 1. The molecule has 0 saturated heterocycles. The number of hydrogen-bond acceptors (Lipinski definition) is 4. The van der Waals surface area contributed by atoms with Crippen LogP contribution in [0, 0.1) is 5.82 Å². The molecule has 7 nitrogen and oxygen atoms in total. The van der Waals surface area contributed by atoms with E-state index >= 15 is 0 Å². The lowest BCUT2D eigenvalue weighted by Gasteiger charge is -2.30. The molecule has 10 heteroatoms. The van der Waals surface area contributed by atoms with Crippen LogP contribution in [0.1, 0.15) is 51.0 Å². The number of carbonyl (C=O) groups is 2. The van der Waals surface area contributed by atoms with Crippen molar-refractivity contribution in [3.63, 3.8) is 0 Å². The Morgan fingerprint density at radius 3 is 2.36 bits per heavy atom. The standard InChI is InChI=1S/C26H33BrFN3O4S/c1-19(26(33)29-22-8-3-4-9-22)30(18-20-13-15-21(27)16-14-20)25(32)12-7-17-31(36(2,34)35)24-11-6-5-10-23(24)28/h5-6,10-11,13-16,19,22H,3-4,7-9,12,17-18H2,1-2H3,(H,29,33)/t19-/m0/s1. The first-order valence-corrected chi connectivity index (χ1v) is 14.8. The third-order valence-electron chi connectivity index (χ3n) is 6.41. The summed E-state index contributed by atoms with van der Waals surface area (Å²) in [5.41, 5.74) is 0.819. The molecule has 1 N–H and O–H groups in total. The fourth-order valence-corrected chi connectivity index (χ4v) is 5.63. The molecular weight excluding hydrogens is 549 g/mol. The van der Waals surface area contributed by atoms with Crippen LogP contribution in [0.5, 0.6) is 0 Å². The number of para-hydroxylation sites is 1. The Morgan fingerprint density at radius 1 is 1.11 bits per heavy atom. The first-order chi connectivity index (χ1) is 17.1. The van der Waals surface area contributed by atoms with Gasteiger partial charge in [-0.1, -0.05) is 53.0 Å². The van der Waals surface area contributed by atoms with E-state index in [2.05, 4.69) is 21.2 Å². The molecule has 1 saturated carbocycles. The van der Waals surface area contributed by atoms with Crippen molar-refractivity contribution < 1.29 is 22.4 Å². The Balaban J connectivity index is 1.72. The molecule has 0 heterocycles. The highest BCUT2D eigenvalue weighted by Gasteiger charge is 2.29. The van der Waals surface area contributed by atoms with Gasteiger partial charge in [-0.2, -0.15) is 0 Å². The van der Waals surface area contributed by atoms with Gasteiger partial charge >= 0.3 is 0 Å². The third-order valence-corrected chi connectivity index (χ3v) is 8.12. The van der Waals surface area contributed by atoms with Crippen LogP contribution in [0.2, 0.25) is 0 Å². The summed E-state index contributed by atoms with van der Waals surface area (Å²) in [5.74, 6) is -1.12. The van der Waals surface area contributed by atoms with Gasteiger partial charge in [-0.25, -0.2) is 12.8 Å². The zero-order valence-corrected chi connectivity index (χ0v) is 23.0. The largest absolute Gasteiger partial charge is 0.352 e. The first kappa shape index (κ1) is 28.1. The molecule has 1 atom stereocenters. The highest BCUT2D eigenvalue weighted by molar-refractivity contribution is 9.10. The van der Waals surface area contributed by atoms with Gasteiger partial charge in [-0.05, 0) is 56.0 Å². The fourth-order valence-electron chi connectivity index (χ4n) is 4.40. The number of hydrogen-bond donors (Lipinski definition) is 1. The maximum atomic E-state index is 14.3. The molecular formula is C26H33BrFN3O4S. The van der Waals surface area contributed by atoms with Crippen molar-refractivity contribution >= 4 is 43.5 Å². The minimum Gasteiger partial charge on any atom is -0.352 e. The molecule has 2 aromatic rings. The summed E-state index contributed by atoms with van der Waals surface area (Å²) in [7, 11) is -3.75. The number of benzene rings is 2. The zero-order chi connectivity index (χ0) is 26.3. The zero-order valence-electron chi connectivity index (χ0n) is 20.6. The van der Waals surface area contributed by atoms with Gasteiger partial charge in [-0.3, -0.25) is 13.9 Å².